The molecule has 0 fully saturated rings. The second-order valence-electron chi connectivity index (χ2n) is 5.07. The number of carbonyl (C=O) groups is 1. The van der Waals surface area contributed by atoms with Crippen LogP contribution in [0.2, 0.25) is 6.55 Å². The zero-order chi connectivity index (χ0) is 16.4. The number of carbonyl (C=O) groups excluding carboxylic acids is 1. The highest BCUT2D eigenvalue weighted by atomic mass is 28.3. The van der Waals surface area contributed by atoms with E-state index in [-0.39, 0.29) is 6.61 Å². The summed E-state index contributed by atoms with van der Waals surface area (Å²) < 4.78 is 5.22. The molecule has 0 saturated heterocycles. The molecule has 0 radical (unpaired) electrons. The summed E-state index contributed by atoms with van der Waals surface area (Å²) in [6.07, 6.45) is 0.948. The highest BCUT2D eigenvalue weighted by Gasteiger charge is 2.22. The van der Waals surface area contributed by atoms with Gasteiger partial charge in [0, 0.05) is 6.61 Å². The third kappa shape index (κ3) is 5.25. The SMILES string of the molecule is C=C[Si](C)(C=C)c1ccc(C(=O)OOCCOCCC)cc1. The largest absolute Gasteiger partial charge is 0.379 e. The molecule has 0 spiro atoms. The first kappa shape index (κ1) is 18.4. The molecule has 0 amide bonds. The Morgan fingerprint density at radius 2 is 1.77 bits per heavy atom. The maximum absolute atomic E-state index is 11.8. The Kier molecular flexibility index (Phi) is 7.80. The lowest BCUT2D eigenvalue weighted by atomic mass is 10.2. The molecule has 5 heteroatoms. The van der Waals surface area contributed by atoms with E-state index in [9.17, 15) is 4.79 Å². The average Bonchev–Trinajstić information content (AvgIpc) is 2.57. The van der Waals surface area contributed by atoms with Gasteiger partial charge in [-0.05, 0) is 18.6 Å². The van der Waals surface area contributed by atoms with Crippen molar-refractivity contribution in [3.63, 3.8) is 0 Å². The molecule has 0 aromatic heterocycles. The molecule has 0 bridgehead atoms. The molecule has 0 unspecified atom stereocenters. The molecule has 0 aliphatic heterocycles. The molecule has 0 aliphatic rings. The van der Waals surface area contributed by atoms with Gasteiger partial charge >= 0.3 is 5.97 Å². The minimum absolute atomic E-state index is 0.224. The summed E-state index contributed by atoms with van der Waals surface area (Å²) in [5.41, 5.74) is 4.35. The summed E-state index contributed by atoms with van der Waals surface area (Å²) in [6.45, 7) is 13.2. The topological polar surface area (TPSA) is 44.8 Å². The van der Waals surface area contributed by atoms with Crippen LogP contribution >= 0.6 is 0 Å². The maximum atomic E-state index is 11.8. The third-order valence-corrected chi connectivity index (χ3v) is 6.66. The van der Waals surface area contributed by atoms with E-state index >= 15 is 0 Å². The molecule has 1 rings (SSSR count). The number of rotatable bonds is 10. The van der Waals surface area contributed by atoms with E-state index in [1.807, 2.05) is 30.5 Å². The van der Waals surface area contributed by atoms with E-state index in [1.54, 1.807) is 12.1 Å². The van der Waals surface area contributed by atoms with Gasteiger partial charge in [0.1, 0.15) is 14.7 Å². The average molecular weight is 320 g/mol. The zero-order valence-corrected chi connectivity index (χ0v) is 14.3. The Hall–Kier alpha value is -1.69. The fourth-order valence-corrected chi connectivity index (χ4v) is 3.29. The van der Waals surface area contributed by atoms with Crippen LogP contribution in [0.25, 0.3) is 0 Å². The summed E-state index contributed by atoms with van der Waals surface area (Å²) in [7, 11) is -1.85. The first-order valence-corrected chi connectivity index (χ1v) is 10.0. The maximum Gasteiger partial charge on any atom is 0.373 e. The van der Waals surface area contributed by atoms with Gasteiger partial charge in [-0.15, -0.1) is 13.2 Å². The summed E-state index contributed by atoms with van der Waals surface area (Å²) in [5, 5.41) is 1.14. The Labute approximate surface area is 133 Å². The summed E-state index contributed by atoms with van der Waals surface area (Å²) in [5.74, 6) is -0.511. The lowest BCUT2D eigenvalue weighted by molar-refractivity contribution is -0.247. The van der Waals surface area contributed by atoms with Crippen LogP contribution in [0.5, 0.6) is 0 Å². The predicted octanol–water partition coefficient (Wildman–Crippen LogP) is 2.94. The smallest absolute Gasteiger partial charge is 0.373 e. The first-order valence-electron chi connectivity index (χ1n) is 7.36. The van der Waals surface area contributed by atoms with E-state index in [1.165, 1.54) is 0 Å². The van der Waals surface area contributed by atoms with Gasteiger partial charge in [0.15, 0.2) is 0 Å². The van der Waals surface area contributed by atoms with Crippen molar-refractivity contribution in [2.75, 3.05) is 19.8 Å². The highest BCUT2D eigenvalue weighted by molar-refractivity contribution is 6.98. The number of hydrogen-bond acceptors (Lipinski definition) is 4. The third-order valence-electron chi connectivity index (χ3n) is 3.38. The van der Waals surface area contributed by atoms with Crippen molar-refractivity contribution >= 4 is 19.2 Å². The quantitative estimate of drug-likeness (QED) is 0.288. The molecule has 22 heavy (non-hydrogen) atoms. The minimum atomic E-state index is -1.85. The minimum Gasteiger partial charge on any atom is -0.379 e. The van der Waals surface area contributed by atoms with Crippen LogP contribution in [0.3, 0.4) is 0 Å². The molecule has 120 valence electrons. The lowest BCUT2D eigenvalue weighted by Gasteiger charge is -2.19. The predicted molar refractivity (Wildman–Crippen MR) is 90.6 cm³/mol. The van der Waals surface area contributed by atoms with Crippen LogP contribution in [-0.4, -0.2) is 33.9 Å². The van der Waals surface area contributed by atoms with E-state index < -0.39 is 14.0 Å². The standard InChI is InChI=1S/C17H24O4Si/c1-5-12-19-13-14-20-21-17(18)15-8-10-16(11-9-15)22(4,6-2)7-3/h6-11H,2-3,5,12-14H2,1,4H3. The molecule has 0 N–H and O–H groups in total. The fourth-order valence-electron chi connectivity index (χ4n) is 1.77. The van der Waals surface area contributed by atoms with Crippen molar-refractivity contribution in [2.45, 2.75) is 19.9 Å². The van der Waals surface area contributed by atoms with Crippen LogP contribution in [0, 0.1) is 0 Å². The highest BCUT2D eigenvalue weighted by Crippen LogP contribution is 2.08. The molecular weight excluding hydrogens is 296 g/mol. The normalized spacial score (nSPS) is 11.0. The van der Waals surface area contributed by atoms with Crippen molar-refractivity contribution in [1.82, 2.24) is 0 Å². The molecule has 4 nitrogen and oxygen atoms in total. The van der Waals surface area contributed by atoms with Crippen molar-refractivity contribution in [2.24, 2.45) is 0 Å². The Morgan fingerprint density at radius 1 is 1.14 bits per heavy atom. The number of ether oxygens (including phenoxy) is 1. The van der Waals surface area contributed by atoms with E-state index in [0.717, 1.165) is 11.6 Å². The summed E-state index contributed by atoms with van der Waals surface area (Å²) >= 11 is 0. The van der Waals surface area contributed by atoms with Crippen LogP contribution in [-0.2, 0) is 14.5 Å². The Morgan fingerprint density at radius 3 is 2.32 bits per heavy atom. The van der Waals surface area contributed by atoms with Gasteiger partial charge in [-0.3, -0.25) is 4.89 Å². The molecule has 1 aromatic carbocycles. The van der Waals surface area contributed by atoms with Crippen LogP contribution in [0.15, 0.2) is 48.8 Å². The second-order valence-corrected chi connectivity index (χ2v) is 9.03. The van der Waals surface area contributed by atoms with Gasteiger partial charge in [0.2, 0.25) is 0 Å². The van der Waals surface area contributed by atoms with Crippen molar-refractivity contribution in [1.29, 1.82) is 0 Å². The van der Waals surface area contributed by atoms with Gasteiger partial charge in [-0.25, -0.2) is 4.79 Å². The number of hydrogen-bond donors (Lipinski definition) is 0. The van der Waals surface area contributed by atoms with Gasteiger partial charge in [0.25, 0.3) is 0 Å². The molecular formula is C17H24O4Si. The van der Waals surface area contributed by atoms with Gasteiger partial charge in [0.05, 0.1) is 12.2 Å². The van der Waals surface area contributed by atoms with Crippen molar-refractivity contribution in [3.8, 4) is 0 Å². The Balaban J connectivity index is 2.51. The van der Waals surface area contributed by atoms with Crippen LogP contribution in [0.4, 0.5) is 0 Å². The van der Waals surface area contributed by atoms with Gasteiger partial charge in [-0.1, -0.05) is 42.2 Å². The van der Waals surface area contributed by atoms with Crippen LogP contribution < -0.4 is 5.19 Å². The fraction of sp³-hybridized carbons (Fsp3) is 0.353. The van der Waals surface area contributed by atoms with Crippen molar-refractivity contribution < 1.29 is 19.3 Å². The van der Waals surface area contributed by atoms with Crippen LogP contribution in [0.1, 0.15) is 23.7 Å². The monoisotopic (exact) mass is 320 g/mol. The van der Waals surface area contributed by atoms with Gasteiger partial charge < -0.3 is 4.74 Å². The van der Waals surface area contributed by atoms with E-state index in [2.05, 4.69) is 19.7 Å². The summed E-state index contributed by atoms with van der Waals surface area (Å²) in [6, 6.07) is 7.28. The summed E-state index contributed by atoms with van der Waals surface area (Å²) in [4.78, 5) is 21.4. The van der Waals surface area contributed by atoms with Gasteiger partial charge in [-0.2, -0.15) is 4.89 Å². The zero-order valence-electron chi connectivity index (χ0n) is 13.3. The van der Waals surface area contributed by atoms with Crippen molar-refractivity contribution in [3.05, 3.63) is 54.4 Å². The number of benzene rings is 1. The molecule has 0 atom stereocenters. The van der Waals surface area contributed by atoms with E-state index in [4.69, 9.17) is 14.5 Å². The molecule has 0 aliphatic carbocycles. The van der Waals surface area contributed by atoms with E-state index in [0.29, 0.717) is 18.8 Å². The molecule has 0 saturated carbocycles. The Bertz CT molecular complexity index is 488. The lowest BCUT2D eigenvalue weighted by Crippen LogP contribution is -2.40. The molecule has 1 aromatic rings. The first-order chi connectivity index (χ1) is 10.6. The molecule has 0 heterocycles. The second kappa shape index (κ2) is 9.35.